The van der Waals surface area contributed by atoms with Crippen LogP contribution in [0.5, 0.6) is 0 Å². The quantitative estimate of drug-likeness (QED) is 0.568. The molecular weight excluding hydrogens is 411 g/mol. The van der Waals surface area contributed by atoms with Gasteiger partial charge < -0.3 is 14.2 Å². The third kappa shape index (κ3) is 4.64. The molecule has 0 saturated carbocycles. The second-order valence-electron chi connectivity index (χ2n) is 7.50. The van der Waals surface area contributed by atoms with Gasteiger partial charge in [0.2, 0.25) is 5.89 Å². The number of benzene rings is 1. The van der Waals surface area contributed by atoms with Gasteiger partial charge in [-0.15, -0.1) is 0 Å². The number of aromatic nitrogens is 4. The van der Waals surface area contributed by atoms with Gasteiger partial charge in [-0.2, -0.15) is 18.2 Å². The molecule has 4 rings (SSSR count). The van der Waals surface area contributed by atoms with Gasteiger partial charge >= 0.3 is 6.18 Å². The van der Waals surface area contributed by atoms with Crippen LogP contribution in [-0.2, 0) is 17.5 Å². The second kappa shape index (κ2) is 8.80. The Morgan fingerprint density at radius 3 is 2.90 bits per heavy atom. The molecule has 1 fully saturated rings. The van der Waals surface area contributed by atoms with Crippen LogP contribution in [0.3, 0.4) is 0 Å². The summed E-state index contributed by atoms with van der Waals surface area (Å²) in [5.74, 6) is 1.60. The third-order valence-corrected chi connectivity index (χ3v) is 5.40. The highest BCUT2D eigenvalue weighted by molar-refractivity contribution is 5.64. The molecule has 2 aromatic heterocycles. The number of hydrogen-bond donors (Lipinski definition) is 1. The van der Waals surface area contributed by atoms with E-state index in [1.807, 2.05) is 13.8 Å². The molecule has 1 N–H and O–H groups in total. The first-order valence-electron chi connectivity index (χ1n) is 10.3. The highest BCUT2D eigenvalue weighted by Gasteiger charge is 2.34. The Labute approximate surface area is 177 Å². The SMILES string of the molecule is CCO[C@H](C)c1noc(CN2CCC[C@@H]2c2ncc(-c3ccccc3C(F)(F)F)[nH]2)n1. The van der Waals surface area contributed by atoms with Gasteiger partial charge in [-0.25, -0.2) is 4.98 Å². The number of rotatable bonds is 7. The van der Waals surface area contributed by atoms with Crippen LogP contribution in [0.1, 0.15) is 61.9 Å². The van der Waals surface area contributed by atoms with Gasteiger partial charge in [0.15, 0.2) is 5.82 Å². The first kappa shape index (κ1) is 21.5. The molecule has 0 spiro atoms. The number of H-pyrrole nitrogens is 1. The van der Waals surface area contributed by atoms with Crippen LogP contribution < -0.4 is 0 Å². The average Bonchev–Trinajstić information content (AvgIpc) is 3.48. The first-order valence-corrected chi connectivity index (χ1v) is 10.3. The van der Waals surface area contributed by atoms with E-state index < -0.39 is 11.7 Å². The fourth-order valence-electron chi connectivity index (χ4n) is 3.93. The Morgan fingerprint density at radius 2 is 2.13 bits per heavy atom. The summed E-state index contributed by atoms with van der Waals surface area (Å²) in [6, 6.07) is 5.43. The highest BCUT2D eigenvalue weighted by atomic mass is 19.4. The minimum Gasteiger partial charge on any atom is -0.371 e. The van der Waals surface area contributed by atoms with Crippen molar-refractivity contribution in [1.82, 2.24) is 25.0 Å². The van der Waals surface area contributed by atoms with E-state index in [1.165, 1.54) is 18.3 Å². The molecule has 1 aromatic carbocycles. The number of halogens is 3. The molecule has 2 atom stereocenters. The van der Waals surface area contributed by atoms with Crippen molar-refractivity contribution >= 4 is 0 Å². The molecule has 1 aliphatic heterocycles. The summed E-state index contributed by atoms with van der Waals surface area (Å²) in [5, 5.41) is 3.98. The van der Waals surface area contributed by atoms with Crippen molar-refractivity contribution in [2.45, 2.75) is 51.6 Å². The maximum absolute atomic E-state index is 13.4. The van der Waals surface area contributed by atoms with Gasteiger partial charge in [-0.05, 0) is 39.3 Å². The molecule has 166 valence electrons. The van der Waals surface area contributed by atoms with Crippen molar-refractivity contribution < 1.29 is 22.4 Å². The molecule has 3 aromatic rings. The van der Waals surface area contributed by atoms with Crippen LogP contribution in [-0.4, -0.2) is 38.2 Å². The summed E-state index contributed by atoms with van der Waals surface area (Å²) >= 11 is 0. The molecule has 7 nitrogen and oxygen atoms in total. The molecule has 1 saturated heterocycles. The molecule has 0 unspecified atom stereocenters. The standard InChI is InChI=1S/C21H24F3N5O2/c1-3-30-13(2)19-27-18(31-28-19)12-29-10-6-9-17(29)20-25-11-16(26-20)14-7-4-5-8-15(14)21(22,23)24/h4-5,7-8,11,13,17H,3,6,9-10,12H2,1-2H3,(H,25,26)/t13-,17-/m1/s1. The fourth-order valence-corrected chi connectivity index (χ4v) is 3.93. The number of nitrogens with zero attached hydrogens (tertiary/aromatic N) is 4. The van der Waals surface area contributed by atoms with E-state index >= 15 is 0 Å². The number of likely N-dealkylation sites (tertiary alicyclic amines) is 1. The minimum atomic E-state index is -4.43. The van der Waals surface area contributed by atoms with E-state index in [1.54, 1.807) is 6.07 Å². The lowest BCUT2D eigenvalue weighted by molar-refractivity contribution is -0.137. The predicted octanol–water partition coefficient (Wildman–Crippen LogP) is 4.91. The minimum absolute atomic E-state index is 0.0635. The Hall–Kier alpha value is -2.72. The van der Waals surface area contributed by atoms with Crippen LogP contribution in [0.4, 0.5) is 13.2 Å². The number of alkyl halides is 3. The Kier molecular flexibility index (Phi) is 6.10. The molecule has 0 radical (unpaired) electrons. The van der Waals surface area contributed by atoms with E-state index in [0.29, 0.717) is 36.4 Å². The number of imidazole rings is 1. The van der Waals surface area contributed by atoms with Crippen LogP contribution in [0, 0.1) is 0 Å². The zero-order valence-corrected chi connectivity index (χ0v) is 17.3. The molecule has 10 heteroatoms. The van der Waals surface area contributed by atoms with Crippen molar-refractivity contribution in [3.8, 4) is 11.3 Å². The zero-order valence-electron chi connectivity index (χ0n) is 17.3. The van der Waals surface area contributed by atoms with Crippen molar-refractivity contribution in [1.29, 1.82) is 0 Å². The molecular formula is C21H24F3N5O2. The zero-order chi connectivity index (χ0) is 22.0. The predicted molar refractivity (Wildman–Crippen MR) is 106 cm³/mol. The van der Waals surface area contributed by atoms with E-state index in [4.69, 9.17) is 9.26 Å². The molecule has 0 amide bonds. The third-order valence-electron chi connectivity index (χ3n) is 5.40. The lowest BCUT2D eigenvalue weighted by Crippen LogP contribution is -2.23. The molecule has 0 bridgehead atoms. The van der Waals surface area contributed by atoms with E-state index in [9.17, 15) is 13.2 Å². The Morgan fingerprint density at radius 1 is 1.32 bits per heavy atom. The number of aromatic amines is 1. The van der Waals surface area contributed by atoms with Gasteiger partial charge in [0.1, 0.15) is 11.9 Å². The van der Waals surface area contributed by atoms with E-state index in [-0.39, 0.29) is 17.7 Å². The lowest BCUT2D eigenvalue weighted by atomic mass is 10.0. The maximum Gasteiger partial charge on any atom is 0.417 e. The summed E-state index contributed by atoms with van der Waals surface area (Å²) in [5.41, 5.74) is -0.250. The van der Waals surface area contributed by atoms with Crippen molar-refractivity contribution in [2.24, 2.45) is 0 Å². The van der Waals surface area contributed by atoms with Gasteiger partial charge in [0.05, 0.1) is 30.0 Å². The van der Waals surface area contributed by atoms with Gasteiger partial charge in [-0.1, -0.05) is 23.4 Å². The van der Waals surface area contributed by atoms with Crippen molar-refractivity contribution in [2.75, 3.05) is 13.2 Å². The summed E-state index contributed by atoms with van der Waals surface area (Å²) < 4.78 is 51.0. The monoisotopic (exact) mass is 435 g/mol. The van der Waals surface area contributed by atoms with Gasteiger partial charge in [-0.3, -0.25) is 4.90 Å². The summed E-state index contributed by atoms with van der Waals surface area (Å²) in [6.45, 7) is 5.55. The Bertz CT molecular complexity index is 1020. The fraction of sp³-hybridized carbons (Fsp3) is 0.476. The van der Waals surface area contributed by atoms with Crippen LogP contribution >= 0.6 is 0 Å². The van der Waals surface area contributed by atoms with Gasteiger partial charge in [0.25, 0.3) is 0 Å². The van der Waals surface area contributed by atoms with Crippen LogP contribution in [0.25, 0.3) is 11.3 Å². The molecule has 3 heterocycles. The maximum atomic E-state index is 13.4. The smallest absolute Gasteiger partial charge is 0.371 e. The summed E-state index contributed by atoms with van der Waals surface area (Å²) in [7, 11) is 0. The van der Waals surface area contributed by atoms with Crippen molar-refractivity contribution in [3.05, 3.63) is 53.6 Å². The molecule has 0 aliphatic carbocycles. The van der Waals surface area contributed by atoms with Crippen LogP contribution in [0.2, 0.25) is 0 Å². The number of nitrogens with one attached hydrogen (secondary N) is 1. The van der Waals surface area contributed by atoms with E-state index in [2.05, 4.69) is 25.0 Å². The average molecular weight is 435 g/mol. The van der Waals surface area contributed by atoms with E-state index in [0.717, 1.165) is 25.5 Å². The number of hydrogen-bond acceptors (Lipinski definition) is 6. The molecule has 31 heavy (non-hydrogen) atoms. The highest BCUT2D eigenvalue weighted by Crippen LogP contribution is 2.38. The van der Waals surface area contributed by atoms with Gasteiger partial charge in [0, 0.05) is 12.2 Å². The number of ether oxygens (including phenoxy) is 1. The van der Waals surface area contributed by atoms with Crippen molar-refractivity contribution in [3.63, 3.8) is 0 Å². The summed E-state index contributed by atoms with van der Waals surface area (Å²) in [6.07, 6.45) is -1.45. The topological polar surface area (TPSA) is 80.1 Å². The lowest BCUT2D eigenvalue weighted by Gasteiger charge is -2.20. The first-order chi connectivity index (χ1) is 14.9. The normalized spacial score (nSPS) is 18.5. The Balaban J connectivity index is 1.52. The van der Waals surface area contributed by atoms with Crippen LogP contribution in [0.15, 0.2) is 35.0 Å². The molecule has 1 aliphatic rings. The summed E-state index contributed by atoms with van der Waals surface area (Å²) in [4.78, 5) is 14.0. The largest absolute Gasteiger partial charge is 0.417 e. The second-order valence-corrected chi connectivity index (χ2v) is 7.50.